The molecule has 1 amide bonds. The molecule has 1 N–H and O–H groups in total. The molecule has 1 atom stereocenters. The van der Waals surface area contributed by atoms with E-state index in [-0.39, 0.29) is 11.8 Å². The molecular weight excluding hydrogens is 344 g/mol. The van der Waals surface area contributed by atoms with Gasteiger partial charge in [-0.15, -0.1) is 0 Å². The summed E-state index contributed by atoms with van der Waals surface area (Å²) < 4.78 is 32.3. The number of hydrogen-bond donors (Lipinski definition) is 1. The number of rotatable bonds is 5. The molecule has 3 rings (SSSR count). The average molecular weight is 366 g/mol. The summed E-state index contributed by atoms with van der Waals surface area (Å²) in [7, 11) is -3.22. The molecule has 0 bridgehead atoms. The molecule has 1 aliphatic heterocycles. The van der Waals surface area contributed by atoms with Gasteiger partial charge in [-0.05, 0) is 31.4 Å². The molecule has 3 heterocycles. The van der Waals surface area contributed by atoms with E-state index in [9.17, 15) is 13.2 Å². The molecule has 1 unspecified atom stereocenters. The highest BCUT2D eigenvalue weighted by Crippen LogP contribution is 2.21. The number of aryl methyl sites for hydroxylation is 1. The van der Waals surface area contributed by atoms with Crippen LogP contribution in [0.2, 0.25) is 0 Å². The fraction of sp³-hybridized carbons (Fsp3) is 0.500. The van der Waals surface area contributed by atoms with Gasteiger partial charge in [-0.25, -0.2) is 13.1 Å². The monoisotopic (exact) mass is 366 g/mol. The molecule has 9 heteroatoms. The highest BCUT2D eigenvalue weighted by atomic mass is 32.2. The second kappa shape index (κ2) is 7.01. The summed E-state index contributed by atoms with van der Waals surface area (Å²) in [5, 5.41) is 4.31. The van der Waals surface area contributed by atoms with E-state index in [4.69, 9.17) is 4.42 Å². The first-order valence-electron chi connectivity index (χ1n) is 8.12. The highest BCUT2D eigenvalue weighted by molar-refractivity contribution is 7.88. The van der Waals surface area contributed by atoms with Crippen LogP contribution >= 0.6 is 0 Å². The van der Waals surface area contributed by atoms with Gasteiger partial charge in [0.15, 0.2) is 5.76 Å². The highest BCUT2D eigenvalue weighted by Gasteiger charge is 2.28. The second-order valence-electron chi connectivity index (χ2n) is 6.44. The van der Waals surface area contributed by atoms with E-state index in [1.54, 1.807) is 17.2 Å². The zero-order chi connectivity index (χ0) is 18.0. The standard InChI is InChI=1S/C16H22N4O4S/c1-12-5-8-24-15(12)16(21)19-9-13(3-7-18-25(2,22)23)10-20-14(11-19)4-6-17-20/h4-6,8,13,18H,3,7,9-11H2,1-2H3. The Balaban J connectivity index is 1.77. The van der Waals surface area contributed by atoms with Gasteiger partial charge >= 0.3 is 0 Å². The molecule has 0 saturated heterocycles. The lowest BCUT2D eigenvalue weighted by atomic mass is 10.1. The molecular formula is C16H22N4O4S. The third kappa shape index (κ3) is 4.29. The molecule has 0 saturated carbocycles. The van der Waals surface area contributed by atoms with Crippen LogP contribution in [-0.4, -0.2) is 48.4 Å². The largest absolute Gasteiger partial charge is 0.459 e. The molecule has 2 aromatic heterocycles. The fourth-order valence-electron chi connectivity index (χ4n) is 3.05. The van der Waals surface area contributed by atoms with E-state index in [1.165, 1.54) is 6.26 Å². The lowest BCUT2D eigenvalue weighted by Gasteiger charge is -2.23. The van der Waals surface area contributed by atoms with Gasteiger partial charge < -0.3 is 9.32 Å². The maximum absolute atomic E-state index is 12.8. The van der Waals surface area contributed by atoms with E-state index in [0.717, 1.165) is 17.5 Å². The number of nitrogens with zero attached hydrogens (tertiary/aromatic N) is 3. The Bertz CT molecular complexity index is 855. The molecule has 1 aliphatic rings. The summed E-state index contributed by atoms with van der Waals surface area (Å²) in [6.45, 7) is 3.80. The van der Waals surface area contributed by atoms with Crippen LogP contribution in [0.3, 0.4) is 0 Å². The quantitative estimate of drug-likeness (QED) is 0.851. The predicted molar refractivity (Wildman–Crippen MR) is 91.4 cm³/mol. The molecule has 0 aromatic carbocycles. The maximum atomic E-state index is 12.8. The maximum Gasteiger partial charge on any atom is 0.290 e. The Labute approximate surface area is 146 Å². The van der Waals surface area contributed by atoms with Crippen LogP contribution in [0.4, 0.5) is 0 Å². The number of carbonyl (C=O) groups is 1. The zero-order valence-corrected chi connectivity index (χ0v) is 15.1. The first-order valence-corrected chi connectivity index (χ1v) is 10.0. The SMILES string of the molecule is Cc1ccoc1C(=O)N1Cc2ccnn2CC(CCNS(C)(=O)=O)C1. The summed E-state index contributed by atoms with van der Waals surface area (Å²) in [6, 6.07) is 3.66. The molecule has 0 fully saturated rings. The van der Waals surface area contributed by atoms with E-state index >= 15 is 0 Å². The Hall–Kier alpha value is -2.13. The van der Waals surface area contributed by atoms with Gasteiger partial charge in [-0.3, -0.25) is 9.48 Å². The van der Waals surface area contributed by atoms with Crippen LogP contribution < -0.4 is 4.72 Å². The number of hydrogen-bond acceptors (Lipinski definition) is 5. The van der Waals surface area contributed by atoms with Crippen molar-refractivity contribution in [2.24, 2.45) is 5.92 Å². The third-order valence-corrected chi connectivity index (χ3v) is 5.06. The Morgan fingerprint density at radius 2 is 2.20 bits per heavy atom. The van der Waals surface area contributed by atoms with Crippen molar-refractivity contribution in [3.05, 3.63) is 41.6 Å². The van der Waals surface area contributed by atoms with Crippen molar-refractivity contribution in [3.63, 3.8) is 0 Å². The summed E-state index contributed by atoms with van der Waals surface area (Å²) >= 11 is 0. The fourth-order valence-corrected chi connectivity index (χ4v) is 3.54. The number of nitrogens with one attached hydrogen (secondary N) is 1. The first-order chi connectivity index (χ1) is 11.8. The van der Waals surface area contributed by atoms with E-state index < -0.39 is 10.0 Å². The molecule has 0 spiro atoms. The van der Waals surface area contributed by atoms with Crippen LogP contribution in [0.1, 0.15) is 28.2 Å². The number of aromatic nitrogens is 2. The Morgan fingerprint density at radius 3 is 2.88 bits per heavy atom. The summed E-state index contributed by atoms with van der Waals surface area (Å²) in [5.41, 5.74) is 1.76. The number of fused-ring (bicyclic) bond motifs is 1. The lowest BCUT2D eigenvalue weighted by molar-refractivity contribution is 0.0685. The molecule has 25 heavy (non-hydrogen) atoms. The van der Waals surface area contributed by atoms with Crippen molar-refractivity contribution < 1.29 is 17.6 Å². The Kier molecular flexibility index (Phi) is 4.96. The summed E-state index contributed by atoms with van der Waals surface area (Å²) in [6.07, 6.45) is 4.99. The predicted octanol–water partition coefficient (Wildman–Crippen LogP) is 0.996. The number of sulfonamides is 1. The van der Waals surface area contributed by atoms with Crippen molar-refractivity contribution in [1.29, 1.82) is 0 Å². The summed E-state index contributed by atoms with van der Waals surface area (Å²) in [5.74, 6) is 0.286. The van der Waals surface area contributed by atoms with Gasteiger partial charge in [-0.2, -0.15) is 5.10 Å². The van der Waals surface area contributed by atoms with E-state index in [1.807, 2.05) is 17.7 Å². The van der Waals surface area contributed by atoms with Gasteiger partial charge in [-0.1, -0.05) is 0 Å². The molecule has 2 aromatic rings. The van der Waals surface area contributed by atoms with E-state index in [0.29, 0.717) is 38.4 Å². The van der Waals surface area contributed by atoms with Crippen LogP contribution in [0, 0.1) is 12.8 Å². The van der Waals surface area contributed by atoms with Gasteiger partial charge in [0, 0.05) is 31.4 Å². The van der Waals surface area contributed by atoms with Gasteiger partial charge in [0.1, 0.15) is 0 Å². The number of amides is 1. The molecule has 0 aliphatic carbocycles. The van der Waals surface area contributed by atoms with Gasteiger partial charge in [0.2, 0.25) is 10.0 Å². The van der Waals surface area contributed by atoms with Gasteiger partial charge in [0.25, 0.3) is 5.91 Å². The Morgan fingerprint density at radius 1 is 1.40 bits per heavy atom. The lowest BCUT2D eigenvalue weighted by Crippen LogP contribution is -2.35. The minimum absolute atomic E-state index is 0.0922. The van der Waals surface area contributed by atoms with E-state index in [2.05, 4.69) is 9.82 Å². The van der Waals surface area contributed by atoms with Crippen LogP contribution in [0.15, 0.2) is 29.0 Å². The zero-order valence-electron chi connectivity index (χ0n) is 14.3. The molecule has 136 valence electrons. The number of carbonyl (C=O) groups excluding carboxylic acids is 1. The topological polar surface area (TPSA) is 97.4 Å². The van der Waals surface area contributed by atoms with Crippen molar-refractivity contribution >= 4 is 15.9 Å². The molecule has 8 nitrogen and oxygen atoms in total. The van der Waals surface area contributed by atoms with Crippen molar-refractivity contribution in [3.8, 4) is 0 Å². The number of furan rings is 1. The van der Waals surface area contributed by atoms with Crippen molar-refractivity contribution in [2.75, 3.05) is 19.3 Å². The molecule has 0 radical (unpaired) electrons. The average Bonchev–Trinajstić information content (AvgIpc) is 3.10. The van der Waals surface area contributed by atoms with Crippen molar-refractivity contribution in [2.45, 2.75) is 26.4 Å². The second-order valence-corrected chi connectivity index (χ2v) is 8.28. The van der Waals surface area contributed by atoms with Crippen LogP contribution in [0.25, 0.3) is 0 Å². The third-order valence-electron chi connectivity index (χ3n) is 4.33. The van der Waals surface area contributed by atoms with Crippen molar-refractivity contribution in [1.82, 2.24) is 19.4 Å². The normalized spacial score (nSPS) is 18.0. The first kappa shape index (κ1) is 17.7. The van der Waals surface area contributed by atoms with Crippen LogP contribution in [-0.2, 0) is 23.1 Å². The summed E-state index contributed by atoms with van der Waals surface area (Å²) in [4.78, 5) is 14.6. The minimum atomic E-state index is -3.22. The smallest absolute Gasteiger partial charge is 0.290 e. The van der Waals surface area contributed by atoms with Crippen LogP contribution in [0.5, 0.6) is 0 Å². The minimum Gasteiger partial charge on any atom is -0.459 e. The van der Waals surface area contributed by atoms with Gasteiger partial charge in [0.05, 0.1) is 24.8 Å².